The number of piperidine rings is 1. The largest absolute Gasteiger partial charge is 0.439 e. The maximum absolute atomic E-state index is 13.3. The van der Waals surface area contributed by atoms with E-state index in [9.17, 15) is 17.2 Å². The number of nitrogens with zero attached hydrogens (tertiary/aromatic N) is 2. The van der Waals surface area contributed by atoms with E-state index in [0.29, 0.717) is 24.5 Å². The van der Waals surface area contributed by atoms with E-state index >= 15 is 0 Å². The first-order valence-electron chi connectivity index (χ1n) is 8.84. The van der Waals surface area contributed by atoms with Gasteiger partial charge in [0.05, 0.1) is 16.8 Å². The molecule has 0 aliphatic carbocycles. The molecule has 0 atom stereocenters. The molecule has 2 heterocycles. The number of halogens is 3. The Labute approximate surface area is 162 Å². The van der Waals surface area contributed by atoms with Gasteiger partial charge in [0, 0.05) is 5.41 Å². The summed E-state index contributed by atoms with van der Waals surface area (Å²) in [5.41, 5.74) is 0.230. The molecule has 2 aromatic rings. The second-order valence-electron chi connectivity index (χ2n) is 7.93. The molecule has 27 heavy (non-hydrogen) atoms. The Bertz CT molecular complexity index is 930. The summed E-state index contributed by atoms with van der Waals surface area (Å²) in [6, 6.07) is 3.15. The fourth-order valence-corrected chi connectivity index (χ4v) is 5.67. The minimum Gasteiger partial charge on any atom is -0.439 e. The summed E-state index contributed by atoms with van der Waals surface area (Å²) in [5.74, 6) is 0.433. The summed E-state index contributed by atoms with van der Waals surface area (Å²) in [6.07, 6.45) is -1.87. The molecule has 1 aliphatic rings. The van der Waals surface area contributed by atoms with Crippen LogP contribution in [0.1, 0.15) is 39.5 Å². The first-order valence-corrected chi connectivity index (χ1v) is 10.8. The van der Waals surface area contributed by atoms with Gasteiger partial charge in [0.1, 0.15) is 10.4 Å². The fraction of sp³-hybridized carbons (Fsp3) is 0.611. The number of hydrogen-bond donors (Lipinski definition) is 0. The average molecular weight is 421 g/mol. The van der Waals surface area contributed by atoms with Crippen molar-refractivity contribution in [3.05, 3.63) is 23.0 Å². The molecule has 1 aromatic heterocycles. The van der Waals surface area contributed by atoms with Crippen LogP contribution in [-0.2, 0) is 15.3 Å². The number of sulfone groups is 1. The van der Waals surface area contributed by atoms with Gasteiger partial charge in [-0.05, 0) is 38.1 Å². The molecule has 1 fully saturated rings. The number of fused-ring (bicyclic) bond motifs is 1. The summed E-state index contributed by atoms with van der Waals surface area (Å²) in [7, 11) is -3.78. The lowest BCUT2D eigenvalue weighted by molar-refractivity contribution is 0.0793. The van der Waals surface area contributed by atoms with Crippen LogP contribution >= 0.6 is 11.6 Å². The van der Waals surface area contributed by atoms with Crippen molar-refractivity contribution in [2.24, 2.45) is 0 Å². The molecule has 0 spiro atoms. The lowest BCUT2D eigenvalue weighted by Gasteiger charge is -2.31. The van der Waals surface area contributed by atoms with Crippen molar-refractivity contribution in [1.29, 1.82) is 0 Å². The molecule has 1 aromatic carbocycles. The molecule has 150 valence electrons. The van der Waals surface area contributed by atoms with Crippen molar-refractivity contribution in [2.45, 2.75) is 55.6 Å². The van der Waals surface area contributed by atoms with Gasteiger partial charge in [0.15, 0.2) is 15.4 Å². The van der Waals surface area contributed by atoms with Gasteiger partial charge in [-0.1, -0.05) is 32.4 Å². The van der Waals surface area contributed by atoms with Gasteiger partial charge in [-0.2, -0.15) is 0 Å². The number of hydrogen-bond acceptors (Lipinski definition) is 5. The summed E-state index contributed by atoms with van der Waals surface area (Å²) in [4.78, 5) is 5.95. The molecule has 0 N–H and O–H groups in total. The van der Waals surface area contributed by atoms with E-state index < -0.39 is 21.5 Å². The average Bonchev–Trinajstić information content (AvgIpc) is 2.98. The van der Waals surface area contributed by atoms with Crippen LogP contribution in [0.4, 0.5) is 8.78 Å². The van der Waals surface area contributed by atoms with Crippen LogP contribution in [0.3, 0.4) is 0 Å². The van der Waals surface area contributed by atoms with E-state index in [1.165, 1.54) is 6.07 Å². The minimum atomic E-state index is -3.78. The molecule has 1 saturated heterocycles. The first kappa shape index (κ1) is 20.5. The molecule has 3 rings (SSSR count). The van der Waals surface area contributed by atoms with Gasteiger partial charge in [-0.3, -0.25) is 4.90 Å². The summed E-state index contributed by atoms with van der Waals surface area (Å²) in [5, 5.41) is -0.591. The van der Waals surface area contributed by atoms with Gasteiger partial charge in [-0.15, -0.1) is 0 Å². The van der Waals surface area contributed by atoms with Crippen molar-refractivity contribution in [2.75, 3.05) is 19.6 Å². The minimum absolute atomic E-state index is 0.0445. The van der Waals surface area contributed by atoms with Gasteiger partial charge < -0.3 is 4.42 Å². The van der Waals surface area contributed by atoms with Crippen LogP contribution in [0.15, 0.2) is 21.4 Å². The smallest absolute Gasteiger partial charge is 0.251 e. The van der Waals surface area contributed by atoms with Gasteiger partial charge in [0.25, 0.3) is 6.43 Å². The molecule has 9 heteroatoms. The third kappa shape index (κ3) is 4.12. The van der Waals surface area contributed by atoms with E-state index in [0.717, 1.165) is 0 Å². The van der Waals surface area contributed by atoms with Crippen LogP contribution < -0.4 is 0 Å². The number of aromatic nitrogens is 1. The van der Waals surface area contributed by atoms with Crippen molar-refractivity contribution < 1.29 is 21.6 Å². The molecule has 0 bridgehead atoms. The number of benzene rings is 1. The van der Waals surface area contributed by atoms with Crippen molar-refractivity contribution in [3.63, 3.8) is 0 Å². The van der Waals surface area contributed by atoms with E-state index in [1.54, 1.807) is 11.0 Å². The molecule has 0 amide bonds. The number of oxazole rings is 1. The monoisotopic (exact) mass is 420 g/mol. The number of likely N-dealkylation sites (tertiary alicyclic amines) is 1. The third-order valence-corrected chi connectivity index (χ3v) is 7.51. The zero-order chi connectivity index (χ0) is 20.0. The second kappa shape index (κ2) is 7.29. The molecular weight excluding hydrogens is 398 g/mol. The highest BCUT2D eigenvalue weighted by Gasteiger charge is 2.36. The summed E-state index contributed by atoms with van der Waals surface area (Å²) in [6.45, 7) is 6.06. The Morgan fingerprint density at radius 1 is 1.30 bits per heavy atom. The SMILES string of the molecule is CC(C)(C)c1nc2ccc(Cl)c(S(=O)(=O)C3CCN(CC(F)F)CC3)c2o1. The Balaban J connectivity index is 1.96. The van der Waals surface area contributed by atoms with Crippen LogP contribution in [0.5, 0.6) is 0 Å². The second-order valence-corrected chi connectivity index (χ2v) is 10.5. The predicted octanol–water partition coefficient (Wildman–Crippen LogP) is 4.28. The van der Waals surface area contributed by atoms with Crippen LogP contribution in [-0.4, -0.2) is 49.6 Å². The summed E-state index contributed by atoms with van der Waals surface area (Å²) >= 11 is 6.25. The highest BCUT2D eigenvalue weighted by Crippen LogP contribution is 2.37. The van der Waals surface area contributed by atoms with Crippen molar-refractivity contribution >= 4 is 32.5 Å². The van der Waals surface area contributed by atoms with Crippen LogP contribution in [0, 0.1) is 0 Å². The van der Waals surface area contributed by atoms with Gasteiger partial charge in [0.2, 0.25) is 5.89 Å². The zero-order valence-corrected chi connectivity index (χ0v) is 17.1. The molecule has 0 unspecified atom stereocenters. The Morgan fingerprint density at radius 3 is 2.48 bits per heavy atom. The Morgan fingerprint density at radius 2 is 1.93 bits per heavy atom. The predicted molar refractivity (Wildman–Crippen MR) is 100 cm³/mol. The maximum atomic E-state index is 13.3. The standard InChI is InChI=1S/C18H23ClF2N2O3S/c1-18(2,3)17-22-13-5-4-12(19)16(15(13)26-17)27(24,25)11-6-8-23(9-7-11)10-14(20)21/h4-5,11,14H,6-10H2,1-3H3. The van der Waals surface area contributed by atoms with Crippen LogP contribution in [0.2, 0.25) is 5.02 Å². The molecule has 1 aliphatic heterocycles. The van der Waals surface area contributed by atoms with E-state index in [4.69, 9.17) is 16.0 Å². The summed E-state index contributed by atoms with van der Waals surface area (Å²) < 4.78 is 57.4. The normalized spacial score (nSPS) is 17.9. The fourth-order valence-electron chi connectivity index (χ4n) is 3.29. The first-order chi connectivity index (χ1) is 12.5. The van der Waals surface area contributed by atoms with E-state index in [1.807, 2.05) is 20.8 Å². The quantitative estimate of drug-likeness (QED) is 0.738. The molecule has 5 nitrogen and oxygen atoms in total. The van der Waals surface area contributed by atoms with Crippen molar-refractivity contribution in [3.8, 4) is 0 Å². The van der Waals surface area contributed by atoms with E-state index in [2.05, 4.69) is 4.98 Å². The Kier molecular flexibility index (Phi) is 5.53. The lowest BCUT2D eigenvalue weighted by Crippen LogP contribution is -2.41. The van der Waals surface area contributed by atoms with Gasteiger partial charge in [-0.25, -0.2) is 22.2 Å². The van der Waals surface area contributed by atoms with E-state index in [-0.39, 0.29) is 40.3 Å². The lowest BCUT2D eigenvalue weighted by atomic mass is 9.97. The Hall–Kier alpha value is -1.25. The molecule has 0 saturated carbocycles. The molecule has 0 radical (unpaired) electrons. The number of alkyl halides is 2. The zero-order valence-electron chi connectivity index (χ0n) is 15.5. The van der Waals surface area contributed by atoms with Gasteiger partial charge >= 0.3 is 0 Å². The third-order valence-electron chi connectivity index (χ3n) is 4.76. The highest BCUT2D eigenvalue weighted by atomic mass is 35.5. The van der Waals surface area contributed by atoms with Crippen molar-refractivity contribution in [1.82, 2.24) is 9.88 Å². The highest BCUT2D eigenvalue weighted by molar-refractivity contribution is 7.92. The number of rotatable bonds is 4. The van der Waals surface area contributed by atoms with Crippen LogP contribution in [0.25, 0.3) is 11.1 Å². The topological polar surface area (TPSA) is 63.4 Å². The maximum Gasteiger partial charge on any atom is 0.251 e. The molecular formula is C18H23ClF2N2O3S.